The van der Waals surface area contributed by atoms with E-state index in [4.69, 9.17) is 0 Å². The van der Waals surface area contributed by atoms with Crippen molar-refractivity contribution in [2.24, 2.45) is 0 Å². The molecular weight excluding hydrogens is 280 g/mol. The first-order valence-corrected chi connectivity index (χ1v) is 8.43. The van der Waals surface area contributed by atoms with Crippen LogP contribution in [0.5, 0.6) is 0 Å². The van der Waals surface area contributed by atoms with Gasteiger partial charge in [-0.05, 0) is 36.8 Å². The second kappa shape index (κ2) is 6.33. The number of hydrogen-bond donors (Lipinski definition) is 0. The summed E-state index contributed by atoms with van der Waals surface area (Å²) in [5.74, 6) is 0. The van der Waals surface area contributed by atoms with Crippen molar-refractivity contribution in [3.8, 4) is 22.5 Å². The molecule has 0 N–H and O–H groups in total. The Bertz CT molecular complexity index is 726. The molecule has 3 aromatic rings. The van der Waals surface area contributed by atoms with Gasteiger partial charge in [0.2, 0.25) is 0 Å². The summed E-state index contributed by atoms with van der Waals surface area (Å²) in [7, 11) is 0. The number of nitrogens with zero attached hydrogens (tertiary/aromatic N) is 2. The Labute approximate surface area is 137 Å². The first-order valence-electron chi connectivity index (χ1n) is 8.43. The topological polar surface area (TPSA) is 25.8 Å². The molecule has 0 spiro atoms. The molecule has 0 unspecified atom stereocenters. The Morgan fingerprint density at radius 1 is 0.522 bits per heavy atom. The van der Waals surface area contributed by atoms with Gasteiger partial charge in [-0.15, -0.1) is 10.2 Å². The number of rotatable bonds is 2. The van der Waals surface area contributed by atoms with Gasteiger partial charge >= 0.3 is 0 Å². The van der Waals surface area contributed by atoms with Gasteiger partial charge in [0.1, 0.15) is 0 Å². The van der Waals surface area contributed by atoms with E-state index >= 15 is 0 Å². The Morgan fingerprint density at radius 3 is 1.39 bits per heavy atom. The van der Waals surface area contributed by atoms with Crippen LogP contribution in [0.25, 0.3) is 22.5 Å². The molecule has 1 aliphatic rings. The van der Waals surface area contributed by atoms with Gasteiger partial charge in [-0.1, -0.05) is 67.1 Å². The highest BCUT2D eigenvalue weighted by molar-refractivity contribution is 5.71. The van der Waals surface area contributed by atoms with Crippen LogP contribution in [-0.2, 0) is 12.8 Å². The first kappa shape index (κ1) is 14.1. The van der Waals surface area contributed by atoms with Crippen LogP contribution in [0.15, 0.2) is 60.7 Å². The summed E-state index contributed by atoms with van der Waals surface area (Å²) in [6.45, 7) is 0. The minimum Gasteiger partial charge on any atom is -0.150 e. The zero-order valence-electron chi connectivity index (χ0n) is 13.2. The zero-order chi connectivity index (χ0) is 15.5. The summed E-state index contributed by atoms with van der Waals surface area (Å²) < 4.78 is 0. The summed E-state index contributed by atoms with van der Waals surface area (Å²) in [5, 5.41) is 9.26. The standard InChI is InChI=1S/C21H20N2/c1-4-10-16(11-5-1)20-18-14-8-3-9-15-19(18)21(23-22-20)17-12-6-2-7-13-17/h1-2,4-7,10-13H,3,8-9,14-15H2. The Balaban J connectivity index is 1.91. The largest absolute Gasteiger partial charge is 0.150 e. The van der Waals surface area contributed by atoms with Crippen molar-refractivity contribution in [2.45, 2.75) is 32.1 Å². The fourth-order valence-electron chi connectivity index (χ4n) is 3.48. The maximum Gasteiger partial charge on any atom is 0.0964 e. The lowest BCUT2D eigenvalue weighted by Gasteiger charge is -2.15. The lowest BCUT2D eigenvalue weighted by atomic mass is 9.94. The van der Waals surface area contributed by atoms with Crippen LogP contribution in [0.4, 0.5) is 0 Å². The van der Waals surface area contributed by atoms with Gasteiger partial charge in [-0.25, -0.2) is 0 Å². The van der Waals surface area contributed by atoms with Crippen molar-refractivity contribution >= 4 is 0 Å². The van der Waals surface area contributed by atoms with Gasteiger partial charge in [0.15, 0.2) is 0 Å². The molecule has 114 valence electrons. The normalized spacial score (nSPS) is 14.1. The molecule has 0 saturated heterocycles. The number of benzene rings is 2. The molecule has 2 nitrogen and oxygen atoms in total. The minimum atomic E-state index is 1.07. The molecule has 0 atom stereocenters. The lowest BCUT2D eigenvalue weighted by Crippen LogP contribution is -2.04. The van der Waals surface area contributed by atoms with E-state index in [0.717, 1.165) is 24.2 Å². The monoisotopic (exact) mass is 300 g/mol. The molecule has 2 aromatic carbocycles. The minimum absolute atomic E-state index is 1.07. The summed E-state index contributed by atoms with van der Waals surface area (Å²) in [6.07, 6.45) is 5.99. The highest BCUT2D eigenvalue weighted by atomic mass is 15.1. The summed E-state index contributed by atoms with van der Waals surface area (Å²) in [6, 6.07) is 20.9. The third-order valence-electron chi connectivity index (χ3n) is 4.63. The first-order chi connectivity index (χ1) is 11.4. The van der Waals surface area contributed by atoms with Crippen LogP contribution in [-0.4, -0.2) is 10.2 Å². The van der Waals surface area contributed by atoms with Crippen LogP contribution in [0.2, 0.25) is 0 Å². The van der Waals surface area contributed by atoms with E-state index in [2.05, 4.69) is 58.7 Å². The van der Waals surface area contributed by atoms with Gasteiger partial charge in [-0.2, -0.15) is 0 Å². The highest BCUT2D eigenvalue weighted by Crippen LogP contribution is 2.34. The molecule has 1 heterocycles. The molecule has 0 saturated carbocycles. The van der Waals surface area contributed by atoms with Crippen molar-refractivity contribution in [3.63, 3.8) is 0 Å². The third-order valence-corrected chi connectivity index (χ3v) is 4.63. The fourth-order valence-corrected chi connectivity index (χ4v) is 3.48. The van der Waals surface area contributed by atoms with Gasteiger partial charge in [-0.3, -0.25) is 0 Å². The third kappa shape index (κ3) is 2.77. The zero-order valence-corrected chi connectivity index (χ0v) is 13.2. The Morgan fingerprint density at radius 2 is 0.957 bits per heavy atom. The van der Waals surface area contributed by atoms with Gasteiger partial charge in [0.25, 0.3) is 0 Å². The number of aromatic nitrogens is 2. The SMILES string of the molecule is c1ccc(-c2nnc(-c3ccccc3)c3c2CCCCC3)cc1. The van der Waals surface area contributed by atoms with E-state index in [1.54, 1.807) is 0 Å². The Hall–Kier alpha value is -2.48. The molecule has 0 aliphatic heterocycles. The summed E-state index contributed by atoms with van der Waals surface area (Å²) in [5.41, 5.74) is 7.31. The Kier molecular flexibility index (Phi) is 3.89. The smallest absolute Gasteiger partial charge is 0.0964 e. The quantitative estimate of drug-likeness (QED) is 0.617. The van der Waals surface area contributed by atoms with Crippen LogP contribution >= 0.6 is 0 Å². The van der Waals surface area contributed by atoms with Crippen LogP contribution in [0.1, 0.15) is 30.4 Å². The van der Waals surface area contributed by atoms with Crippen LogP contribution in [0.3, 0.4) is 0 Å². The maximum atomic E-state index is 4.63. The predicted octanol–water partition coefficient (Wildman–Crippen LogP) is 5.08. The average molecular weight is 300 g/mol. The van der Waals surface area contributed by atoms with Crippen LogP contribution < -0.4 is 0 Å². The molecule has 2 heteroatoms. The van der Waals surface area contributed by atoms with Gasteiger partial charge < -0.3 is 0 Å². The molecule has 1 aromatic heterocycles. The molecule has 0 amide bonds. The van der Waals surface area contributed by atoms with Crippen molar-refractivity contribution < 1.29 is 0 Å². The fraction of sp³-hybridized carbons (Fsp3) is 0.238. The predicted molar refractivity (Wildman–Crippen MR) is 94.2 cm³/mol. The number of fused-ring (bicyclic) bond motifs is 1. The van der Waals surface area contributed by atoms with Gasteiger partial charge in [0.05, 0.1) is 11.4 Å². The van der Waals surface area contributed by atoms with E-state index in [0.29, 0.717) is 0 Å². The van der Waals surface area contributed by atoms with E-state index in [9.17, 15) is 0 Å². The molecule has 0 bridgehead atoms. The molecule has 0 fully saturated rings. The second-order valence-corrected chi connectivity index (χ2v) is 6.15. The van der Waals surface area contributed by atoms with E-state index in [1.807, 2.05) is 12.1 Å². The molecular formula is C21H20N2. The van der Waals surface area contributed by atoms with E-state index < -0.39 is 0 Å². The van der Waals surface area contributed by atoms with E-state index in [-0.39, 0.29) is 0 Å². The maximum absolute atomic E-state index is 4.63. The van der Waals surface area contributed by atoms with Crippen molar-refractivity contribution in [1.82, 2.24) is 10.2 Å². The van der Waals surface area contributed by atoms with Crippen molar-refractivity contribution in [2.75, 3.05) is 0 Å². The van der Waals surface area contributed by atoms with Crippen molar-refractivity contribution in [1.29, 1.82) is 0 Å². The molecule has 0 radical (unpaired) electrons. The average Bonchev–Trinajstić information content (AvgIpc) is 2.88. The summed E-state index contributed by atoms with van der Waals surface area (Å²) in [4.78, 5) is 0. The molecule has 1 aliphatic carbocycles. The molecule has 23 heavy (non-hydrogen) atoms. The van der Waals surface area contributed by atoms with Gasteiger partial charge in [0, 0.05) is 11.1 Å². The van der Waals surface area contributed by atoms with Crippen molar-refractivity contribution in [3.05, 3.63) is 71.8 Å². The second-order valence-electron chi connectivity index (χ2n) is 6.15. The lowest BCUT2D eigenvalue weighted by molar-refractivity contribution is 0.712. The summed E-state index contributed by atoms with van der Waals surface area (Å²) >= 11 is 0. The molecule has 4 rings (SSSR count). The number of hydrogen-bond acceptors (Lipinski definition) is 2. The highest BCUT2D eigenvalue weighted by Gasteiger charge is 2.20. The van der Waals surface area contributed by atoms with Crippen LogP contribution in [0, 0.1) is 0 Å². The van der Waals surface area contributed by atoms with E-state index in [1.165, 1.54) is 41.5 Å².